The summed E-state index contributed by atoms with van der Waals surface area (Å²) >= 11 is 0. The van der Waals surface area contributed by atoms with Crippen LogP contribution >= 0.6 is 0 Å². The zero-order valence-corrected chi connectivity index (χ0v) is 8.50. The van der Waals surface area contributed by atoms with Gasteiger partial charge in [-0.15, -0.1) is 0 Å². The Morgan fingerprint density at radius 2 is 2.23 bits per heavy atom. The molecule has 76 valence electrons. The molecule has 0 spiro atoms. The van der Waals surface area contributed by atoms with Crippen LogP contribution in [0.4, 0.5) is 0 Å². The van der Waals surface area contributed by atoms with Crippen molar-refractivity contribution in [2.24, 2.45) is 0 Å². The molecule has 1 aliphatic rings. The van der Waals surface area contributed by atoms with Crippen LogP contribution in [0.25, 0.3) is 0 Å². The molecule has 4 nitrogen and oxygen atoms in total. The highest BCUT2D eigenvalue weighted by atomic mass is 16.7. The van der Waals surface area contributed by atoms with Gasteiger partial charge in [0.25, 0.3) is 5.91 Å². The largest absolute Gasteiger partial charge is 0.366 e. The first-order valence-corrected chi connectivity index (χ1v) is 4.56. The molecule has 0 aromatic heterocycles. The molecule has 0 aromatic carbocycles. The average Bonchev–Trinajstić information content (AvgIpc) is 2.50. The summed E-state index contributed by atoms with van der Waals surface area (Å²) in [5, 5.41) is 1.38. The minimum absolute atomic E-state index is 0.0903. The standard InChI is InChI=1S/C9H17NO3/c1-9(2,3)12-7-8(11)10-5-4-6-13-10/h4-7H2,1-3H3. The van der Waals surface area contributed by atoms with E-state index in [9.17, 15) is 4.79 Å². The van der Waals surface area contributed by atoms with Gasteiger partial charge in [-0.25, -0.2) is 5.06 Å². The molecule has 0 aromatic rings. The third kappa shape index (κ3) is 3.74. The first kappa shape index (κ1) is 10.5. The minimum Gasteiger partial charge on any atom is -0.366 e. The number of hydroxylamine groups is 2. The Balaban J connectivity index is 2.25. The Labute approximate surface area is 78.8 Å². The Hall–Kier alpha value is -0.610. The van der Waals surface area contributed by atoms with Gasteiger partial charge in [-0.1, -0.05) is 0 Å². The molecule has 0 radical (unpaired) electrons. The van der Waals surface area contributed by atoms with E-state index in [4.69, 9.17) is 9.57 Å². The van der Waals surface area contributed by atoms with Crippen LogP contribution in [-0.4, -0.2) is 36.3 Å². The van der Waals surface area contributed by atoms with Crippen LogP contribution in [0.2, 0.25) is 0 Å². The summed E-state index contributed by atoms with van der Waals surface area (Å²) in [7, 11) is 0. The van der Waals surface area contributed by atoms with Gasteiger partial charge in [0.15, 0.2) is 0 Å². The molecule has 1 saturated heterocycles. The van der Waals surface area contributed by atoms with E-state index < -0.39 is 0 Å². The van der Waals surface area contributed by atoms with Crippen LogP contribution in [0.5, 0.6) is 0 Å². The normalized spacial score (nSPS) is 17.9. The highest BCUT2D eigenvalue weighted by Crippen LogP contribution is 2.09. The van der Waals surface area contributed by atoms with E-state index in [0.717, 1.165) is 6.42 Å². The van der Waals surface area contributed by atoms with Crippen LogP contribution in [0.15, 0.2) is 0 Å². The fourth-order valence-electron chi connectivity index (χ4n) is 0.994. The van der Waals surface area contributed by atoms with Gasteiger partial charge in [-0.3, -0.25) is 9.63 Å². The van der Waals surface area contributed by atoms with E-state index in [0.29, 0.717) is 13.2 Å². The molecule has 0 aliphatic carbocycles. The van der Waals surface area contributed by atoms with Crippen LogP contribution < -0.4 is 0 Å². The number of rotatable bonds is 2. The summed E-state index contributed by atoms with van der Waals surface area (Å²) in [6.45, 7) is 7.19. The van der Waals surface area contributed by atoms with Crippen molar-refractivity contribution in [3.63, 3.8) is 0 Å². The van der Waals surface area contributed by atoms with Gasteiger partial charge >= 0.3 is 0 Å². The van der Waals surface area contributed by atoms with Gasteiger partial charge in [-0.2, -0.15) is 0 Å². The third-order valence-electron chi connectivity index (χ3n) is 1.66. The van der Waals surface area contributed by atoms with E-state index in [2.05, 4.69) is 0 Å². The number of hydrogen-bond acceptors (Lipinski definition) is 3. The lowest BCUT2D eigenvalue weighted by molar-refractivity contribution is -0.177. The number of amides is 1. The van der Waals surface area contributed by atoms with Crippen molar-refractivity contribution < 1.29 is 14.4 Å². The molecule has 4 heteroatoms. The second kappa shape index (κ2) is 4.07. The SMILES string of the molecule is CC(C)(C)OCC(=O)N1CCCO1. The molecule has 0 bridgehead atoms. The zero-order valence-electron chi connectivity index (χ0n) is 8.50. The first-order chi connectivity index (χ1) is 5.99. The third-order valence-corrected chi connectivity index (χ3v) is 1.66. The molecule has 1 aliphatic heterocycles. The second-order valence-electron chi connectivity index (χ2n) is 4.08. The van der Waals surface area contributed by atoms with E-state index in [1.54, 1.807) is 0 Å². The first-order valence-electron chi connectivity index (χ1n) is 4.56. The van der Waals surface area contributed by atoms with Crippen molar-refractivity contribution in [1.82, 2.24) is 5.06 Å². The Kier molecular flexibility index (Phi) is 3.27. The van der Waals surface area contributed by atoms with Gasteiger partial charge in [0, 0.05) is 0 Å². The fraction of sp³-hybridized carbons (Fsp3) is 0.889. The summed E-state index contributed by atoms with van der Waals surface area (Å²) in [5.74, 6) is -0.0903. The van der Waals surface area contributed by atoms with E-state index in [1.165, 1.54) is 5.06 Å². The number of ether oxygens (including phenoxy) is 1. The van der Waals surface area contributed by atoms with Crippen LogP contribution in [0.3, 0.4) is 0 Å². The van der Waals surface area contributed by atoms with Gasteiger partial charge in [0.2, 0.25) is 0 Å². The Morgan fingerprint density at radius 3 is 2.69 bits per heavy atom. The topological polar surface area (TPSA) is 38.8 Å². The van der Waals surface area contributed by atoms with Gasteiger partial charge in [0.1, 0.15) is 6.61 Å². The minimum atomic E-state index is -0.268. The fourth-order valence-corrected chi connectivity index (χ4v) is 0.994. The highest BCUT2D eigenvalue weighted by Gasteiger charge is 2.21. The van der Waals surface area contributed by atoms with Crippen LogP contribution in [0.1, 0.15) is 27.2 Å². The Bertz CT molecular complexity index is 180. The second-order valence-corrected chi connectivity index (χ2v) is 4.08. The van der Waals surface area contributed by atoms with Crippen molar-refractivity contribution >= 4 is 5.91 Å². The lowest BCUT2D eigenvalue weighted by atomic mass is 10.2. The van der Waals surface area contributed by atoms with Gasteiger partial charge in [0.05, 0.1) is 18.8 Å². The van der Waals surface area contributed by atoms with E-state index in [-0.39, 0.29) is 18.1 Å². The number of nitrogens with zero attached hydrogens (tertiary/aromatic N) is 1. The zero-order chi connectivity index (χ0) is 9.90. The highest BCUT2D eigenvalue weighted by molar-refractivity contribution is 5.76. The number of carbonyl (C=O) groups is 1. The van der Waals surface area contributed by atoms with Crippen molar-refractivity contribution in [1.29, 1.82) is 0 Å². The summed E-state index contributed by atoms with van der Waals surface area (Å²) in [4.78, 5) is 16.5. The predicted molar refractivity (Wildman–Crippen MR) is 48.0 cm³/mol. The van der Waals surface area contributed by atoms with Crippen molar-refractivity contribution in [3.8, 4) is 0 Å². The van der Waals surface area contributed by atoms with Crippen molar-refractivity contribution in [2.45, 2.75) is 32.8 Å². The summed E-state index contributed by atoms with van der Waals surface area (Å²) in [6, 6.07) is 0. The van der Waals surface area contributed by atoms with Crippen LogP contribution in [-0.2, 0) is 14.4 Å². The molecule has 0 unspecified atom stereocenters. The van der Waals surface area contributed by atoms with E-state index in [1.807, 2.05) is 20.8 Å². The summed E-state index contributed by atoms with van der Waals surface area (Å²) in [6.07, 6.45) is 0.918. The Morgan fingerprint density at radius 1 is 1.54 bits per heavy atom. The van der Waals surface area contributed by atoms with Crippen molar-refractivity contribution in [3.05, 3.63) is 0 Å². The molecule has 13 heavy (non-hydrogen) atoms. The van der Waals surface area contributed by atoms with Gasteiger partial charge in [-0.05, 0) is 27.2 Å². The summed E-state index contributed by atoms with van der Waals surface area (Å²) < 4.78 is 5.33. The molecular weight excluding hydrogens is 170 g/mol. The maximum absolute atomic E-state index is 11.4. The lowest BCUT2D eigenvalue weighted by Gasteiger charge is -2.21. The number of hydrogen-bond donors (Lipinski definition) is 0. The van der Waals surface area contributed by atoms with Crippen molar-refractivity contribution in [2.75, 3.05) is 19.8 Å². The maximum Gasteiger partial charge on any atom is 0.272 e. The quantitative estimate of drug-likeness (QED) is 0.646. The molecule has 0 saturated carbocycles. The summed E-state index contributed by atoms with van der Waals surface area (Å²) in [5.41, 5.74) is -0.268. The number of carbonyl (C=O) groups excluding carboxylic acids is 1. The average molecular weight is 187 g/mol. The monoisotopic (exact) mass is 187 g/mol. The molecule has 0 N–H and O–H groups in total. The molecule has 1 heterocycles. The predicted octanol–water partition coefficient (Wildman–Crippen LogP) is 0.965. The molecular formula is C9H17NO3. The molecule has 1 amide bonds. The lowest BCUT2D eigenvalue weighted by Crippen LogP contribution is -2.33. The molecule has 1 fully saturated rings. The maximum atomic E-state index is 11.4. The molecule has 0 atom stereocenters. The van der Waals surface area contributed by atoms with Gasteiger partial charge < -0.3 is 4.74 Å². The van der Waals surface area contributed by atoms with E-state index >= 15 is 0 Å². The smallest absolute Gasteiger partial charge is 0.272 e. The molecule has 1 rings (SSSR count). The van der Waals surface area contributed by atoms with Crippen LogP contribution in [0, 0.1) is 0 Å².